The fourth-order valence-electron chi connectivity index (χ4n) is 3.44. The molecule has 27 heavy (non-hydrogen) atoms. The Morgan fingerprint density at radius 2 is 1.96 bits per heavy atom. The molecule has 0 bridgehead atoms. The van der Waals surface area contributed by atoms with Crippen LogP contribution in [0.3, 0.4) is 0 Å². The van der Waals surface area contributed by atoms with E-state index in [1.165, 1.54) is 11.3 Å². The number of aromatic nitrogens is 1. The second-order valence-corrected chi connectivity index (χ2v) is 7.09. The first kappa shape index (κ1) is 17.3. The third-order valence-electron chi connectivity index (χ3n) is 5.04. The Bertz CT molecular complexity index is 903. The summed E-state index contributed by atoms with van der Waals surface area (Å²) in [6, 6.07) is 20.1. The van der Waals surface area contributed by atoms with Crippen molar-refractivity contribution in [2.75, 3.05) is 24.5 Å². The Kier molecular flexibility index (Phi) is 4.92. The van der Waals surface area contributed by atoms with Crippen molar-refractivity contribution < 1.29 is 9.32 Å². The number of hydrogen-bond acceptors (Lipinski definition) is 4. The minimum atomic E-state index is -0.209. The summed E-state index contributed by atoms with van der Waals surface area (Å²) in [5.41, 5.74) is 4.04. The van der Waals surface area contributed by atoms with Gasteiger partial charge in [-0.1, -0.05) is 53.2 Å². The summed E-state index contributed by atoms with van der Waals surface area (Å²) >= 11 is 0. The van der Waals surface area contributed by atoms with Crippen molar-refractivity contribution >= 4 is 11.6 Å². The fraction of sp³-hybridized carbons (Fsp3) is 0.273. The minimum absolute atomic E-state index is 0.209. The highest BCUT2D eigenvalue weighted by atomic mass is 16.5. The summed E-state index contributed by atoms with van der Waals surface area (Å²) < 4.78 is 5.24. The van der Waals surface area contributed by atoms with E-state index in [1.54, 1.807) is 6.07 Å². The number of hydrogen-bond donors (Lipinski definition) is 1. The van der Waals surface area contributed by atoms with E-state index in [0.29, 0.717) is 18.2 Å². The molecular formula is C22H23N3O2. The van der Waals surface area contributed by atoms with Gasteiger partial charge in [-0.05, 0) is 31.4 Å². The van der Waals surface area contributed by atoms with Crippen molar-refractivity contribution in [1.82, 2.24) is 10.5 Å². The molecule has 1 saturated heterocycles. The molecule has 0 unspecified atom stereocenters. The molecule has 3 aromatic rings. The number of carbonyl (C=O) groups excluding carboxylic acids is 1. The van der Waals surface area contributed by atoms with Crippen LogP contribution in [0.5, 0.6) is 0 Å². The zero-order valence-electron chi connectivity index (χ0n) is 15.4. The molecule has 1 aliphatic rings. The highest BCUT2D eigenvalue weighted by molar-refractivity contribution is 5.92. The van der Waals surface area contributed by atoms with Crippen molar-refractivity contribution in [3.63, 3.8) is 0 Å². The maximum Gasteiger partial charge on any atom is 0.289 e. The predicted molar refractivity (Wildman–Crippen MR) is 106 cm³/mol. The van der Waals surface area contributed by atoms with Crippen molar-refractivity contribution in [3.05, 3.63) is 72.0 Å². The van der Waals surface area contributed by atoms with Gasteiger partial charge in [-0.2, -0.15) is 0 Å². The molecule has 1 aliphatic heterocycles. The van der Waals surface area contributed by atoms with Crippen LogP contribution in [-0.2, 0) is 0 Å². The Morgan fingerprint density at radius 3 is 2.74 bits per heavy atom. The largest absolute Gasteiger partial charge is 0.371 e. The van der Waals surface area contributed by atoms with Gasteiger partial charge in [0, 0.05) is 37.0 Å². The number of carbonyl (C=O) groups is 1. The van der Waals surface area contributed by atoms with Gasteiger partial charge in [0.25, 0.3) is 5.91 Å². The van der Waals surface area contributed by atoms with Gasteiger partial charge in [-0.15, -0.1) is 0 Å². The highest BCUT2D eigenvalue weighted by Gasteiger charge is 2.24. The maximum absolute atomic E-state index is 12.4. The van der Waals surface area contributed by atoms with Crippen LogP contribution in [0.4, 0.5) is 5.69 Å². The van der Waals surface area contributed by atoms with Crippen LogP contribution in [0.1, 0.15) is 22.5 Å². The minimum Gasteiger partial charge on any atom is -0.371 e. The predicted octanol–water partition coefficient (Wildman–Crippen LogP) is 3.91. The second-order valence-electron chi connectivity index (χ2n) is 7.09. The third-order valence-corrected chi connectivity index (χ3v) is 5.04. The van der Waals surface area contributed by atoms with Crippen LogP contribution in [0.25, 0.3) is 11.3 Å². The molecule has 0 aliphatic carbocycles. The first-order valence-electron chi connectivity index (χ1n) is 9.31. The van der Waals surface area contributed by atoms with Crippen LogP contribution in [0, 0.1) is 12.8 Å². The lowest BCUT2D eigenvalue weighted by atomic mass is 10.1. The number of benzene rings is 2. The summed E-state index contributed by atoms with van der Waals surface area (Å²) in [5, 5.41) is 7.01. The zero-order chi connectivity index (χ0) is 18.6. The average Bonchev–Trinajstić information content (AvgIpc) is 3.37. The first-order valence-corrected chi connectivity index (χ1v) is 9.31. The third kappa shape index (κ3) is 4.03. The highest BCUT2D eigenvalue weighted by Crippen LogP contribution is 2.23. The molecule has 5 nitrogen and oxygen atoms in total. The van der Waals surface area contributed by atoms with E-state index in [2.05, 4.69) is 39.6 Å². The summed E-state index contributed by atoms with van der Waals surface area (Å²) in [6.45, 7) is 4.65. The normalized spacial score (nSPS) is 16.5. The van der Waals surface area contributed by atoms with Crippen LogP contribution >= 0.6 is 0 Å². The number of rotatable bonds is 5. The Hall–Kier alpha value is -3.08. The fourth-order valence-corrected chi connectivity index (χ4v) is 3.44. The lowest BCUT2D eigenvalue weighted by molar-refractivity contribution is 0.0911. The molecular weight excluding hydrogens is 338 g/mol. The van der Waals surface area contributed by atoms with E-state index >= 15 is 0 Å². The molecule has 0 spiro atoms. The van der Waals surface area contributed by atoms with E-state index in [4.69, 9.17) is 4.52 Å². The molecule has 2 aromatic carbocycles. The van der Waals surface area contributed by atoms with E-state index in [9.17, 15) is 4.79 Å². The van der Waals surface area contributed by atoms with Gasteiger partial charge >= 0.3 is 0 Å². The quantitative estimate of drug-likeness (QED) is 0.749. The van der Waals surface area contributed by atoms with E-state index < -0.39 is 0 Å². The summed E-state index contributed by atoms with van der Waals surface area (Å²) in [4.78, 5) is 14.8. The number of aryl methyl sites for hydroxylation is 1. The standard InChI is InChI=1S/C22H23N3O2/c1-16-7-9-18(10-8-16)20-13-21(27-24-20)22(26)23-14-17-11-12-25(15-17)19-5-3-2-4-6-19/h2-10,13,17H,11-12,14-15H2,1H3,(H,23,26)/t17-/m0/s1. The topological polar surface area (TPSA) is 58.4 Å². The molecule has 1 N–H and O–H groups in total. The monoisotopic (exact) mass is 361 g/mol. The number of nitrogens with zero attached hydrogens (tertiary/aromatic N) is 2. The Balaban J connectivity index is 1.32. The average molecular weight is 361 g/mol. The Morgan fingerprint density at radius 1 is 1.19 bits per heavy atom. The SMILES string of the molecule is Cc1ccc(-c2cc(C(=O)NC[C@@H]3CCN(c4ccccc4)C3)on2)cc1. The summed E-state index contributed by atoms with van der Waals surface area (Å²) in [5.74, 6) is 0.483. The van der Waals surface area contributed by atoms with E-state index in [1.807, 2.05) is 37.3 Å². The van der Waals surface area contributed by atoms with Gasteiger partial charge in [0.15, 0.2) is 0 Å². The molecule has 0 radical (unpaired) electrons. The Labute approximate surface area is 159 Å². The first-order chi connectivity index (χ1) is 13.2. The number of anilines is 1. The van der Waals surface area contributed by atoms with Gasteiger partial charge in [0.1, 0.15) is 5.69 Å². The van der Waals surface area contributed by atoms with Crippen LogP contribution in [-0.4, -0.2) is 30.7 Å². The van der Waals surface area contributed by atoms with Crippen LogP contribution in [0.2, 0.25) is 0 Å². The zero-order valence-corrected chi connectivity index (χ0v) is 15.4. The van der Waals surface area contributed by atoms with Gasteiger partial charge in [0.2, 0.25) is 5.76 Å². The summed E-state index contributed by atoms with van der Waals surface area (Å²) in [7, 11) is 0. The molecule has 2 heterocycles. The van der Waals surface area contributed by atoms with Crippen molar-refractivity contribution in [3.8, 4) is 11.3 Å². The molecule has 138 valence electrons. The van der Waals surface area contributed by atoms with Gasteiger partial charge in [0.05, 0.1) is 0 Å². The lowest BCUT2D eigenvalue weighted by Crippen LogP contribution is -2.30. The van der Waals surface area contributed by atoms with E-state index in [-0.39, 0.29) is 11.7 Å². The molecule has 0 saturated carbocycles. The number of amides is 1. The lowest BCUT2D eigenvalue weighted by Gasteiger charge is -2.18. The molecule has 1 atom stereocenters. The maximum atomic E-state index is 12.4. The van der Waals surface area contributed by atoms with Crippen molar-refractivity contribution in [2.45, 2.75) is 13.3 Å². The molecule has 4 rings (SSSR count). The smallest absolute Gasteiger partial charge is 0.289 e. The summed E-state index contributed by atoms with van der Waals surface area (Å²) in [6.07, 6.45) is 1.07. The van der Waals surface area contributed by atoms with Crippen LogP contribution in [0.15, 0.2) is 65.2 Å². The number of para-hydroxylation sites is 1. The molecule has 5 heteroatoms. The van der Waals surface area contributed by atoms with Gasteiger partial charge in [-0.3, -0.25) is 4.79 Å². The van der Waals surface area contributed by atoms with Crippen LogP contribution < -0.4 is 10.2 Å². The second kappa shape index (κ2) is 7.66. The molecule has 1 amide bonds. The van der Waals surface area contributed by atoms with Crippen molar-refractivity contribution in [2.24, 2.45) is 5.92 Å². The number of nitrogens with one attached hydrogen (secondary N) is 1. The van der Waals surface area contributed by atoms with Crippen molar-refractivity contribution in [1.29, 1.82) is 0 Å². The van der Waals surface area contributed by atoms with Gasteiger partial charge in [-0.25, -0.2) is 0 Å². The molecule has 1 fully saturated rings. The van der Waals surface area contributed by atoms with Gasteiger partial charge < -0.3 is 14.7 Å². The van der Waals surface area contributed by atoms with E-state index in [0.717, 1.165) is 25.1 Å². The molecule has 1 aromatic heterocycles.